The molecule has 3 heterocycles. The zero-order valence-corrected chi connectivity index (χ0v) is 17.2. The summed E-state index contributed by atoms with van der Waals surface area (Å²) in [6.45, 7) is 1.23. The summed E-state index contributed by atoms with van der Waals surface area (Å²) in [4.78, 5) is 24.8. The summed E-state index contributed by atoms with van der Waals surface area (Å²) in [7, 11) is 0. The van der Waals surface area contributed by atoms with Gasteiger partial charge in [-0.05, 0) is 38.3 Å². The first-order valence-corrected chi connectivity index (χ1v) is 9.93. The molecule has 6 nitrogen and oxygen atoms in total. The number of thioether (sulfide) groups is 1. The number of alkyl halides is 3. The third kappa shape index (κ3) is 6.03. The zero-order chi connectivity index (χ0) is 20.1. The quantitative estimate of drug-likeness (QED) is 0.409. The third-order valence-electron chi connectivity index (χ3n) is 4.37. The van der Waals surface area contributed by atoms with Gasteiger partial charge in [-0.2, -0.15) is 13.2 Å². The molecule has 0 aromatic carbocycles. The van der Waals surface area contributed by atoms with Gasteiger partial charge in [0.25, 0.3) is 0 Å². The molecule has 0 radical (unpaired) electrons. The molecule has 1 N–H and O–H groups in total. The Labute approximate surface area is 176 Å². The first-order valence-electron chi connectivity index (χ1n) is 8.70. The average Bonchev–Trinajstić information content (AvgIpc) is 2.72. The van der Waals surface area contributed by atoms with Crippen molar-refractivity contribution in [2.24, 2.45) is 0 Å². The van der Waals surface area contributed by atoms with Gasteiger partial charge in [0, 0.05) is 18.2 Å². The molecule has 2 aromatic rings. The summed E-state index contributed by atoms with van der Waals surface area (Å²) >= 11 is 1.38. The van der Waals surface area contributed by atoms with E-state index in [2.05, 4.69) is 20.3 Å². The Balaban J connectivity index is 0.00000300. The lowest BCUT2D eigenvalue weighted by Crippen LogP contribution is -2.28. The number of Topliss-reactive ketones (excluding diaryl/α,β-unsaturated/α-hetero) is 1. The van der Waals surface area contributed by atoms with Gasteiger partial charge in [0.05, 0.1) is 11.3 Å². The molecule has 3 rings (SSSR count). The highest BCUT2D eigenvalue weighted by Crippen LogP contribution is 2.29. The third-order valence-corrected chi connectivity index (χ3v) is 4.93. The second-order valence-electron chi connectivity index (χ2n) is 6.25. The van der Waals surface area contributed by atoms with Crippen molar-refractivity contribution < 1.29 is 22.7 Å². The van der Waals surface area contributed by atoms with Crippen molar-refractivity contribution in [3.8, 4) is 5.88 Å². The van der Waals surface area contributed by atoms with Crippen LogP contribution in [0, 0.1) is 0 Å². The molecule has 0 spiro atoms. The number of carbonyl (C=O) groups is 1. The van der Waals surface area contributed by atoms with E-state index >= 15 is 0 Å². The fraction of sp³-hybridized carbons (Fsp3) is 0.444. The highest BCUT2D eigenvalue weighted by molar-refractivity contribution is 7.98. The van der Waals surface area contributed by atoms with Crippen LogP contribution in [0.1, 0.15) is 40.5 Å². The van der Waals surface area contributed by atoms with Gasteiger partial charge < -0.3 is 10.1 Å². The summed E-state index contributed by atoms with van der Waals surface area (Å²) in [5, 5.41) is 3.84. The molecule has 1 fully saturated rings. The second-order valence-corrected chi connectivity index (χ2v) is 7.02. The molecular weight excluding hydrogens is 429 g/mol. The second kappa shape index (κ2) is 10.2. The minimum Gasteiger partial charge on any atom is -0.469 e. The number of hydrogen-bond acceptors (Lipinski definition) is 7. The maximum absolute atomic E-state index is 12.8. The van der Waals surface area contributed by atoms with Gasteiger partial charge in [-0.1, -0.05) is 17.8 Å². The Morgan fingerprint density at radius 3 is 2.66 bits per heavy atom. The van der Waals surface area contributed by atoms with Crippen molar-refractivity contribution >= 4 is 30.0 Å². The van der Waals surface area contributed by atoms with E-state index in [4.69, 9.17) is 4.74 Å². The first kappa shape index (κ1) is 23.4. The Kier molecular flexibility index (Phi) is 8.23. The summed E-state index contributed by atoms with van der Waals surface area (Å²) in [6.07, 6.45) is 0.447. The lowest BCUT2D eigenvalue weighted by atomic mass is 9.91. The van der Waals surface area contributed by atoms with Crippen LogP contribution in [0.5, 0.6) is 5.88 Å². The SMILES string of the molecule is CSc1ncc(C(=O)COc2cccc(C(F)(F)F)n2)c(C2CCNCC2)n1.Cl. The summed E-state index contributed by atoms with van der Waals surface area (Å²) < 4.78 is 43.5. The highest BCUT2D eigenvalue weighted by Gasteiger charge is 2.32. The maximum Gasteiger partial charge on any atom is 0.433 e. The number of nitrogens with one attached hydrogen (secondary N) is 1. The zero-order valence-electron chi connectivity index (χ0n) is 15.5. The van der Waals surface area contributed by atoms with Crippen LogP contribution in [0.4, 0.5) is 13.2 Å². The van der Waals surface area contributed by atoms with Crippen LogP contribution in [0.3, 0.4) is 0 Å². The predicted octanol–water partition coefficient (Wildman–Crippen LogP) is 3.76. The van der Waals surface area contributed by atoms with Crippen LogP contribution in [0.2, 0.25) is 0 Å². The van der Waals surface area contributed by atoms with E-state index in [0.717, 1.165) is 32.0 Å². The van der Waals surface area contributed by atoms with Gasteiger partial charge in [-0.3, -0.25) is 4.79 Å². The number of rotatable bonds is 6. The largest absolute Gasteiger partial charge is 0.469 e. The normalized spacial score (nSPS) is 14.9. The minimum absolute atomic E-state index is 0. The number of ketones is 1. The van der Waals surface area contributed by atoms with E-state index in [1.807, 2.05) is 6.26 Å². The van der Waals surface area contributed by atoms with Crippen molar-refractivity contribution in [1.29, 1.82) is 0 Å². The van der Waals surface area contributed by atoms with Crippen LogP contribution >= 0.6 is 24.2 Å². The molecule has 1 aliphatic rings. The molecule has 0 saturated carbocycles. The van der Waals surface area contributed by atoms with Crippen LogP contribution in [0.15, 0.2) is 29.6 Å². The average molecular weight is 449 g/mol. The Bertz CT molecular complexity index is 848. The molecule has 11 heteroatoms. The van der Waals surface area contributed by atoms with Crippen LogP contribution in [0.25, 0.3) is 0 Å². The van der Waals surface area contributed by atoms with Crippen molar-refractivity contribution in [2.45, 2.75) is 30.1 Å². The molecular formula is C18H20ClF3N4O2S. The Hall–Kier alpha value is -1.91. The van der Waals surface area contributed by atoms with Crippen LogP contribution in [-0.4, -0.2) is 46.7 Å². The molecule has 0 amide bonds. The van der Waals surface area contributed by atoms with Crippen molar-refractivity contribution in [3.63, 3.8) is 0 Å². The number of carbonyl (C=O) groups excluding carboxylic acids is 1. The molecule has 29 heavy (non-hydrogen) atoms. The summed E-state index contributed by atoms with van der Waals surface area (Å²) in [5.41, 5.74) is -0.0522. The molecule has 1 saturated heterocycles. The maximum atomic E-state index is 12.8. The molecule has 0 atom stereocenters. The van der Waals surface area contributed by atoms with Crippen molar-refractivity contribution in [3.05, 3.63) is 41.3 Å². The summed E-state index contributed by atoms with van der Waals surface area (Å²) in [6, 6.07) is 3.31. The highest BCUT2D eigenvalue weighted by atomic mass is 35.5. The fourth-order valence-electron chi connectivity index (χ4n) is 2.97. The number of ether oxygens (including phenoxy) is 1. The molecule has 0 bridgehead atoms. The lowest BCUT2D eigenvalue weighted by molar-refractivity contribution is -0.141. The van der Waals surface area contributed by atoms with Gasteiger partial charge in [0.1, 0.15) is 5.69 Å². The van der Waals surface area contributed by atoms with Crippen LogP contribution < -0.4 is 10.1 Å². The standard InChI is InChI=1S/C18H19F3N4O2S.ClH/c1-28-17-23-9-12(16(25-17)11-5-7-22-8-6-11)13(26)10-27-15-4-2-3-14(24-15)18(19,20)21;/h2-4,9,11,22H,5-8,10H2,1H3;1H. The molecule has 2 aromatic heterocycles. The van der Waals surface area contributed by atoms with Gasteiger partial charge in [0.15, 0.2) is 11.8 Å². The molecule has 1 aliphatic heterocycles. The monoisotopic (exact) mass is 448 g/mol. The Morgan fingerprint density at radius 2 is 2.00 bits per heavy atom. The van der Waals surface area contributed by atoms with E-state index in [9.17, 15) is 18.0 Å². The topological polar surface area (TPSA) is 77.0 Å². The number of nitrogens with zero attached hydrogens (tertiary/aromatic N) is 3. The van der Waals surface area contributed by atoms with Gasteiger partial charge in [0.2, 0.25) is 11.7 Å². The van der Waals surface area contributed by atoms with Crippen molar-refractivity contribution in [2.75, 3.05) is 26.0 Å². The predicted molar refractivity (Wildman–Crippen MR) is 105 cm³/mol. The van der Waals surface area contributed by atoms with E-state index in [1.165, 1.54) is 30.1 Å². The number of piperidine rings is 1. The number of aromatic nitrogens is 3. The van der Waals surface area contributed by atoms with Gasteiger partial charge >= 0.3 is 6.18 Å². The smallest absolute Gasteiger partial charge is 0.433 e. The molecule has 0 unspecified atom stereocenters. The van der Waals surface area contributed by atoms with Crippen molar-refractivity contribution in [1.82, 2.24) is 20.3 Å². The minimum atomic E-state index is -4.58. The Morgan fingerprint density at radius 1 is 1.28 bits per heavy atom. The number of halogens is 4. The molecule has 0 aliphatic carbocycles. The summed E-state index contributed by atoms with van der Waals surface area (Å²) in [5.74, 6) is -0.519. The fourth-order valence-corrected chi connectivity index (χ4v) is 3.32. The van der Waals surface area contributed by atoms with E-state index in [0.29, 0.717) is 16.4 Å². The van der Waals surface area contributed by atoms with E-state index in [-0.39, 0.29) is 30.0 Å². The van der Waals surface area contributed by atoms with Crippen LogP contribution in [-0.2, 0) is 6.18 Å². The number of hydrogen-bond donors (Lipinski definition) is 1. The van der Waals surface area contributed by atoms with Gasteiger partial charge in [-0.25, -0.2) is 15.0 Å². The number of pyridine rings is 1. The lowest BCUT2D eigenvalue weighted by Gasteiger charge is -2.24. The molecule has 158 valence electrons. The van der Waals surface area contributed by atoms with E-state index < -0.39 is 18.5 Å². The van der Waals surface area contributed by atoms with E-state index in [1.54, 1.807) is 0 Å². The van der Waals surface area contributed by atoms with Gasteiger partial charge in [-0.15, -0.1) is 12.4 Å². The first-order chi connectivity index (χ1) is 13.4.